The minimum absolute atomic E-state index is 0.667. The zero-order valence-electron chi connectivity index (χ0n) is 9.40. The van der Waals surface area contributed by atoms with Gasteiger partial charge in [-0.05, 0) is 12.1 Å². The van der Waals surface area contributed by atoms with Crippen LogP contribution in [-0.2, 0) is 6.42 Å². The third kappa shape index (κ3) is 2.53. The summed E-state index contributed by atoms with van der Waals surface area (Å²) in [7, 11) is 3.80. The van der Waals surface area contributed by atoms with Crippen LogP contribution in [0.2, 0.25) is 0 Å². The molecule has 0 radical (unpaired) electrons. The van der Waals surface area contributed by atoms with Crippen molar-refractivity contribution in [1.82, 2.24) is 15.2 Å². The highest BCUT2D eigenvalue weighted by molar-refractivity contribution is 5.34. The largest absolute Gasteiger partial charge is 0.469 e. The third-order valence-electron chi connectivity index (χ3n) is 2.12. The molecule has 0 bridgehead atoms. The van der Waals surface area contributed by atoms with E-state index < -0.39 is 0 Å². The summed E-state index contributed by atoms with van der Waals surface area (Å²) in [5, 5.41) is 10.0. The van der Waals surface area contributed by atoms with Crippen LogP contribution in [0.4, 0.5) is 11.9 Å². The molecule has 0 fully saturated rings. The predicted molar refractivity (Wildman–Crippen MR) is 61.6 cm³/mol. The van der Waals surface area contributed by atoms with Gasteiger partial charge in [-0.2, -0.15) is 4.98 Å². The molecule has 86 valence electrons. The predicted octanol–water partition coefficient (Wildman–Crippen LogP) is 1.12. The molecule has 0 saturated carbocycles. The lowest BCUT2D eigenvalue weighted by Crippen LogP contribution is -2.10. The van der Waals surface area contributed by atoms with Crippen LogP contribution >= 0.6 is 0 Å². The second-order valence-corrected chi connectivity index (χ2v) is 3.63. The Bertz CT molecular complexity index is 420. The first-order chi connectivity index (χ1) is 7.75. The molecule has 2 N–H and O–H groups in total. The smallest absolute Gasteiger partial charge is 0.245 e. The Labute approximate surface area is 93.7 Å². The van der Waals surface area contributed by atoms with E-state index in [9.17, 15) is 0 Å². The van der Waals surface area contributed by atoms with Crippen molar-refractivity contribution in [2.24, 2.45) is 0 Å². The number of aromatic nitrogens is 3. The van der Waals surface area contributed by atoms with Gasteiger partial charge < -0.3 is 14.6 Å². The van der Waals surface area contributed by atoms with Crippen LogP contribution in [0, 0.1) is 0 Å². The number of anilines is 2. The molecule has 0 spiro atoms. The molecule has 6 nitrogen and oxygen atoms in total. The maximum Gasteiger partial charge on any atom is 0.245 e. The number of furan rings is 1. The molecule has 2 heterocycles. The van der Waals surface area contributed by atoms with E-state index in [4.69, 9.17) is 4.42 Å². The number of hydrogen-bond donors (Lipinski definition) is 2. The fraction of sp³-hybridized carbons (Fsp3) is 0.400. The first kappa shape index (κ1) is 10.5. The number of aromatic amines is 1. The van der Waals surface area contributed by atoms with Crippen LogP contribution in [0.5, 0.6) is 0 Å². The van der Waals surface area contributed by atoms with Gasteiger partial charge in [0.15, 0.2) is 0 Å². The molecule has 2 rings (SSSR count). The maximum atomic E-state index is 5.22. The van der Waals surface area contributed by atoms with E-state index in [1.165, 1.54) is 0 Å². The van der Waals surface area contributed by atoms with Crippen LogP contribution in [0.3, 0.4) is 0 Å². The molecule has 0 amide bonds. The van der Waals surface area contributed by atoms with Crippen molar-refractivity contribution in [3.05, 3.63) is 24.2 Å². The van der Waals surface area contributed by atoms with Crippen LogP contribution in [-0.4, -0.2) is 35.8 Å². The molecule has 2 aromatic rings. The van der Waals surface area contributed by atoms with E-state index in [0.717, 1.165) is 18.7 Å². The van der Waals surface area contributed by atoms with Crippen molar-refractivity contribution >= 4 is 11.9 Å². The van der Waals surface area contributed by atoms with Gasteiger partial charge in [0.1, 0.15) is 5.76 Å². The van der Waals surface area contributed by atoms with Gasteiger partial charge in [0, 0.05) is 27.1 Å². The molecule has 6 heteroatoms. The van der Waals surface area contributed by atoms with Gasteiger partial charge in [-0.15, -0.1) is 5.10 Å². The second kappa shape index (κ2) is 4.69. The molecule has 0 saturated heterocycles. The van der Waals surface area contributed by atoms with E-state index in [1.807, 2.05) is 31.1 Å². The van der Waals surface area contributed by atoms with Crippen molar-refractivity contribution in [2.45, 2.75) is 6.42 Å². The molecule has 16 heavy (non-hydrogen) atoms. The van der Waals surface area contributed by atoms with E-state index in [1.54, 1.807) is 6.26 Å². The Morgan fingerprint density at radius 2 is 2.38 bits per heavy atom. The zero-order valence-corrected chi connectivity index (χ0v) is 9.40. The summed E-state index contributed by atoms with van der Waals surface area (Å²) in [6.07, 6.45) is 2.50. The fourth-order valence-corrected chi connectivity index (χ4v) is 1.29. The zero-order chi connectivity index (χ0) is 11.4. The third-order valence-corrected chi connectivity index (χ3v) is 2.12. The van der Waals surface area contributed by atoms with E-state index >= 15 is 0 Å². The van der Waals surface area contributed by atoms with Crippen LogP contribution in [0.15, 0.2) is 22.8 Å². The van der Waals surface area contributed by atoms with Gasteiger partial charge in [0.2, 0.25) is 11.9 Å². The minimum atomic E-state index is 0.667. The lowest BCUT2D eigenvalue weighted by molar-refractivity contribution is 0.512. The van der Waals surface area contributed by atoms with Gasteiger partial charge >= 0.3 is 0 Å². The summed E-state index contributed by atoms with van der Waals surface area (Å²) in [6, 6.07) is 3.83. The lowest BCUT2D eigenvalue weighted by Gasteiger charge is -2.03. The van der Waals surface area contributed by atoms with Gasteiger partial charge in [-0.3, -0.25) is 0 Å². The van der Waals surface area contributed by atoms with Crippen molar-refractivity contribution in [2.75, 3.05) is 30.9 Å². The number of nitrogens with one attached hydrogen (secondary N) is 2. The quantitative estimate of drug-likeness (QED) is 0.791. The summed E-state index contributed by atoms with van der Waals surface area (Å²) < 4.78 is 5.22. The highest BCUT2D eigenvalue weighted by Crippen LogP contribution is 2.06. The summed E-state index contributed by atoms with van der Waals surface area (Å²) >= 11 is 0. The molecule has 0 unspecified atom stereocenters. The second-order valence-electron chi connectivity index (χ2n) is 3.63. The van der Waals surface area contributed by atoms with Crippen LogP contribution in [0.1, 0.15) is 5.76 Å². The summed E-state index contributed by atoms with van der Waals surface area (Å²) in [4.78, 5) is 6.09. The summed E-state index contributed by atoms with van der Waals surface area (Å²) in [5.74, 6) is 2.30. The normalized spacial score (nSPS) is 10.4. The van der Waals surface area contributed by atoms with Crippen molar-refractivity contribution in [1.29, 1.82) is 0 Å². The first-order valence-corrected chi connectivity index (χ1v) is 5.11. The molecule has 0 aliphatic heterocycles. The average Bonchev–Trinajstić information content (AvgIpc) is 2.87. The van der Waals surface area contributed by atoms with E-state index in [-0.39, 0.29) is 0 Å². The van der Waals surface area contributed by atoms with Gasteiger partial charge in [-0.25, -0.2) is 5.10 Å². The van der Waals surface area contributed by atoms with Crippen molar-refractivity contribution in [3.63, 3.8) is 0 Å². The van der Waals surface area contributed by atoms with Gasteiger partial charge in [0.05, 0.1) is 6.26 Å². The first-order valence-electron chi connectivity index (χ1n) is 5.11. The van der Waals surface area contributed by atoms with E-state index in [0.29, 0.717) is 11.9 Å². The Hall–Kier alpha value is -1.98. The monoisotopic (exact) mass is 221 g/mol. The summed E-state index contributed by atoms with van der Waals surface area (Å²) in [6.45, 7) is 0.759. The molecular formula is C10H15N5O. The lowest BCUT2D eigenvalue weighted by atomic mass is 10.3. The Kier molecular flexibility index (Phi) is 3.09. The van der Waals surface area contributed by atoms with Crippen LogP contribution < -0.4 is 10.2 Å². The Morgan fingerprint density at radius 1 is 1.50 bits per heavy atom. The standard InChI is InChI=1S/C10H15N5O/c1-15(2)10-12-9(13-14-10)11-6-5-8-4-3-7-16-8/h3-4,7H,5-6H2,1-2H3,(H2,11,12,13,14). The topological polar surface area (TPSA) is 70.0 Å². The number of rotatable bonds is 5. The molecule has 2 aromatic heterocycles. The fourth-order valence-electron chi connectivity index (χ4n) is 1.29. The maximum absolute atomic E-state index is 5.22. The Morgan fingerprint density at radius 3 is 3.00 bits per heavy atom. The number of hydrogen-bond acceptors (Lipinski definition) is 5. The van der Waals surface area contributed by atoms with E-state index in [2.05, 4.69) is 20.5 Å². The molecule has 0 aliphatic carbocycles. The van der Waals surface area contributed by atoms with Crippen molar-refractivity contribution in [3.8, 4) is 0 Å². The Balaban J connectivity index is 1.81. The SMILES string of the molecule is CN(C)c1n[nH]c(NCCc2ccco2)n1. The van der Waals surface area contributed by atoms with Gasteiger partial charge in [-0.1, -0.05) is 0 Å². The number of H-pyrrole nitrogens is 1. The summed E-state index contributed by atoms with van der Waals surface area (Å²) in [5.41, 5.74) is 0. The highest BCUT2D eigenvalue weighted by atomic mass is 16.3. The molecule has 0 atom stereocenters. The molecule has 0 aromatic carbocycles. The molecular weight excluding hydrogens is 206 g/mol. The number of nitrogens with zero attached hydrogens (tertiary/aromatic N) is 3. The molecule has 0 aliphatic rings. The minimum Gasteiger partial charge on any atom is -0.469 e. The highest BCUT2D eigenvalue weighted by Gasteiger charge is 2.03. The van der Waals surface area contributed by atoms with Crippen molar-refractivity contribution < 1.29 is 4.42 Å². The van der Waals surface area contributed by atoms with Crippen LogP contribution in [0.25, 0.3) is 0 Å². The van der Waals surface area contributed by atoms with Gasteiger partial charge in [0.25, 0.3) is 0 Å². The average molecular weight is 221 g/mol.